The van der Waals surface area contributed by atoms with Crippen molar-refractivity contribution in [1.29, 1.82) is 0 Å². The first kappa shape index (κ1) is 16.0. The molecule has 1 aromatic carbocycles. The first-order chi connectivity index (χ1) is 9.89. The van der Waals surface area contributed by atoms with Crippen LogP contribution in [0, 0.1) is 0 Å². The number of alkyl halides is 3. The molecule has 1 heterocycles. The van der Waals surface area contributed by atoms with Gasteiger partial charge in [-0.2, -0.15) is 11.8 Å². The van der Waals surface area contributed by atoms with Crippen LogP contribution in [0.25, 0.3) is 0 Å². The summed E-state index contributed by atoms with van der Waals surface area (Å²) < 4.78 is 44.8. The Morgan fingerprint density at radius 2 is 1.95 bits per heavy atom. The minimum absolute atomic E-state index is 0.118. The van der Waals surface area contributed by atoms with Crippen molar-refractivity contribution >= 4 is 17.7 Å². The molecule has 116 valence electrons. The Bertz CT molecular complexity index is 492. The Labute approximate surface area is 124 Å². The lowest BCUT2D eigenvalue weighted by Gasteiger charge is -2.29. The van der Waals surface area contributed by atoms with E-state index in [2.05, 4.69) is 14.8 Å². The summed E-state index contributed by atoms with van der Waals surface area (Å²) >= 11 is 1.59. The van der Waals surface area contributed by atoms with Crippen LogP contribution >= 0.6 is 11.8 Å². The SMILES string of the molecule is COC(=O)C1CSCC(c2ccc(OC(F)(F)F)cc2)N1. The number of methoxy groups -OCH3 is 1. The lowest BCUT2D eigenvalue weighted by molar-refractivity contribution is -0.274. The molecular formula is C13H14F3NO3S. The Morgan fingerprint density at radius 1 is 1.29 bits per heavy atom. The summed E-state index contributed by atoms with van der Waals surface area (Å²) in [5, 5.41) is 3.13. The number of esters is 1. The Morgan fingerprint density at radius 3 is 2.52 bits per heavy atom. The second-order valence-electron chi connectivity index (χ2n) is 4.45. The van der Waals surface area contributed by atoms with Gasteiger partial charge in [0.15, 0.2) is 0 Å². The molecule has 1 saturated heterocycles. The monoisotopic (exact) mass is 321 g/mol. The number of nitrogens with one attached hydrogen (secondary N) is 1. The number of hydrogen-bond acceptors (Lipinski definition) is 5. The van der Waals surface area contributed by atoms with Crippen LogP contribution in [0.15, 0.2) is 24.3 Å². The van der Waals surface area contributed by atoms with Crippen molar-refractivity contribution in [3.8, 4) is 5.75 Å². The number of hydrogen-bond donors (Lipinski definition) is 1. The van der Waals surface area contributed by atoms with Crippen LogP contribution < -0.4 is 10.1 Å². The highest BCUT2D eigenvalue weighted by atomic mass is 32.2. The van der Waals surface area contributed by atoms with Gasteiger partial charge in [0, 0.05) is 17.5 Å². The molecule has 0 saturated carbocycles. The molecule has 0 aliphatic carbocycles. The van der Waals surface area contributed by atoms with Crippen LogP contribution in [0.1, 0.15) is 11.6 Å². The molecule has 2 unspecified atom stereocenters. The molecule has 2 rings (SSSR count). The second kappa shape index (κ2) is 6.57. The molecule has 2 atom stereocenters. The van der Waals surface area contributed by atoms with Gasteiger partial charge in [0.2, 0.25) is 0 Å². The van der Waals surface area contributed by atoms with Crippen molar-refractivity contribution < 1.29 is 27.4 Å². The molecule has 0 spiro atoms. The minimum atomic E-state index is -4.70. The van der Waals surface area contributed by atoms with Crippen molar-refractivity contribution in [1.82, 2.24) is 5.32 Å². The number of carbonyl (C=O) groups is 1. The van der Waals surface area contributed by atoms with Gasteiger partial charge >= 0.3 is 12.3 Å². The van der Waals surface area contributed by atoms with E-state index in [9.17, 15) is 18.0 Å². The third kappa shape index (κ3) is 4.53. The number of benzene rings is 1. The molecule has 1 aliphatic heterocycles. The van der Waals surface area contributed by atoms with Gasteiger partial charge in [0.05, 0.1) is 7.11 Å². The largest absolute Gasteiger partial charge is 0.573 e. The van der Waals surface area contributed by atoms with E-state index in [1.807, 2.05) is 0 Å². The maximum atomic E-state index is 12.1. The van der Waals surface area contributed by atoms with Crippen molar-refractivity contribution in [3.05, 3.63) is 29.8 Å². The quantitative estimate of drug-likeness (QED) is 0.867. The molecule has 0 bridgehead atoms. The highest BCUT2D eigenvalue weighted by Crippen LogP contribution is 2.28. The van der Waals surface area contributed by atoms with Gasteiger partial charge < -0.3 is 9.47 Å². The molecule has 0 amide bonds. The third-order valence-corrected chi connectivity index (χ3v) is 4.11. The van der Waals surface area contributed by atoms with Crippen LogP contribution in [-0.2, 0) is 9.53 Å². The van der Waals surface area contributed by atoms with Crippen LogP contribution in [0.3, 0.4) is 0 Å². The van der Waals surface area contributed by atoms with Gasteiger partial charge in [-0.3, -0.25) is 10.1 Å². The predicted molar refractivity (Wildman–Crippen MR) is 72.1 cm³/mol. The van der Waals surface area contributed by atoms with E-state index in [1.54, 1.807) is 23.9 Å². The van der Waals surface area contributed by atoms with E-state index >= 15 is 0 Å². The first-order valence-electron chi connectivity index (χ1n) is 6.16. The average molecular weight is 321 g/mol. The predicted octanol–water partition coefficient (Wildman–Crippen LogP) is 2.50. The number of thioether (sulfide) groups is 1. The topological polar surface area (TPSA) is 47.6 Å². The summed E-state index contributed by atoms with van der Waals surface area (Å²) in [6.45, 7) is 0. The highest BCUT2D eigenvalue weighted by Gasteiger charge is 2.31. The van der Waals surface area contributed by atoms with Crippen LogP contribution in [0.4, 0.5) is 13.2 Å². The summed E-state index contributed by atoms with van der Waals surface area (Å²) in [6.07, 6.45) is -4.70. The molecule has 1 aliphatic rings. The van der Waals surface area contributed by atoms with E-state index < -0.39 is 12.4 Å². The van der Waals surface area contributed by atoms with Crippen molar-refractivity contribution in [2.24, 2.45) is 0 Å². The van der Waals surface area contributed by atoms with Gasteiger partial charge in [-0.25, -0.2) is 0 Å². The molecule has 1 aromatic rings. The average Bonchev–Trinajstić information content (AvgIpc) is 2.45. The van der Waals surface area contributed by atoms with Crippen molar-refractivity contribution in [2.45, 2.75) is 18.4 Å². The molecule has 1 N–H and O–H groups in total. The van der Waals surface area contributed by atoms with Crippen molar-refractivity contribution in [2.75, 3.05) is 18.6 Å². The molecule has 0 radical (unpaired) electrons. The zero-order chi connectivity index (χ0) is 15.5. The Hall–Kier alpha value is -1.41. The summed E-state index contributed by atoms with van der Waals surface area (Å²) in [6, 6.07) is 5.10. The fraction of sp³-hybridized carbons (Fsp3) is 0.462. The van der Waals surface area contributed by atoms with Crippen LogP contribution in [0.2, 0.25) is 0 Å². The van der Waals surface area contributed by atoms with Gasteiger partial charge in [-0.1, -0.05) is 12.1 Å². The summed E-state index contributed by atoms with van der Waals surface area (Å²) in [7, 11) is 1.32. The fourth-order valence-electron chi connectivity index (χ4n) is 2.02. The zero-order valence-electron chi connectivity index (χ0n) is 11.1. The van der Waals surface area contributed by atoms with E-state index in [0.717, 1.165) is 11.3 Å². The molecule has 0 aromatic heterocycles. The summed E-state index contributed by atoms with van der Waals surface area (Å²) in [4.78, 5) is 11.5. The van der Waals surface area contributed by atoms with E-state index in [1.165, 1.54) is 19.2 Å². The first-order valence-corrected chi connectivity index (χ1v) is 7.32. The van der Waals surface area contributed by atoms with Crippen LogP contribution in [0.5, 0.6) is 5.75 Å². The minimum Gasteiger partial charge on any atom is -0.468 e. The van der Waals surface area contributed by atoms with Gasteiger partial charge in [-0.15, -0.1) is 13.2 Å². The summed E-state index contributed by atoms with van der Waals surface area (Å²) in [5.41, 5.74) is 0.797. The van der Waals surface area contributed by atoms with Crippen molar-refractivity contribution in [3.63, 3.8) is 0 Å². The zero-order valence-corrected chi connectivity index (χ0v) is 12.0. The van der Waals surface area contributed by atoms with E-state index in [-0.39, 0.29) is 17.8 Å². The molecule has 21 heavy (non-hydrogen) atoms. The molecular weight excluding hydrogens is 307 g/mol. The normalized spacial score (nSPS) is 22.7. The standard InChI is InChI=1S/C13H14F3NO3S/c1-19-12(18)11-7-21-6-10(17-11)8-2-4-9(5-3-8)20-13(14,15)16/h2-5,10-11,17H,6-7H2,1H3. The van der Waals surface area contributed by atoms with Gasteiger partial charge in [0.25, 0.3) is 0 Å². The maximum Gasteiger partial charge on any atom is 0.573 e. The van der Waals surface area contributed by atoms with Gasteiger partial charge in [0.1, 0.15) is 11.8 Å². The molecule has 4 nitrogen and oxygen atoms in total. The Balaban J connectivity index is 2.03. The molecule has 1 fully saturated rings. The van der Waals surface area contributed by atoms with E-state index in [0.29, 0.717) is 5.75 Å². The Kier molecular flexibility index (Phi) is 5.00. The number of rotatable bonds is 3. The fourth-order valence-corrected chi connectivity index (χ4v) is 3.14. The maximum absolute atomic E-state index is 12.1. The smallest absolute Gasteiger partial charge is 0.468 e. The van der Waals surface area contributed by atoms with E-state index in [4.69, 9.17) is 0 Å². The number of carbonyl (C=O) groups excluding carboxylic acids is 1. The molecule has 8 heteroatoms. The number of ether oxygens (including phenoxy) is 2. The highest BCUT2D eigenvalue weighted by molar-refractivity contribution is 7.99. The van der Waals surface area contributed by atoms with Crippen LogP contribution in [-0.4, -0.2) is 37.0 Å². The second-order valence-corrected chi connectivity index (χ2v) is 5.52. The van der Waals surface area contributed by atoms with Gasteiger partial charge in [-0.05, 0) is 17.7 Å². The lowest BCUT2D eigenvalue weighted by Crippen LogP contribution is -2.45. The number of halogens is 3. The third-order valence-electron chi connectivity index (χ3n) is 2.97. The summed E-state index contributed by atoms with van der Waals surface area (Å²) in [5.74, 6) is 0.731. The lowest BCUT2D eigenvalue weighted by atomic mass is 10.1.